The number of amides is 1. The van der Waals surface area contributed by atoms with Crippen molar-refractivity contribution in [2.24, 2.45) is 0 Å². The number of nitrogens with zero attached hydrogens (tertiary/aromatic N) is 2. The largest absolute Gasteiger partial charge is 0.372 e. The van der Waals surface area contributed by atoms with Crippen LogP contribution in [0.1, 0.15) is 26.0 Å². The molecule has 0 spiro atoms. The molecule has 0 atom stereocenters. The molecule has 0 aliphatic rings. The van der Waals surface area contributed by atoms with Crippen LogP contribution in [0.25, 0.3) is 0 Å². The third kappa shape index (κ3) is 4.45. The topological polar surface area (TPSA) is 54.3 Å². The van der Waals surface area contributed by atoms with Crippen molar-refractivity contribution in [3.63, 3.8) is 0 Å². The van der Waals surface area contributed by atoms with Gasteiger partial charge in [0.15, 0.2) is 0 Å². The summed E-state index contributed by atoms with van der Waals surface area (Å²) in [6, 6.07) is 7.84. The Hall–Kier alpha value is -2.08. The Morgan fingerprint density at radius 3 is 2.39 bits per heavy atom. The molecule has 1 aromatic carbocycles. The fourth-order valence-electron chi connectivity index (χ4n) is 2.46. The van der Waals surface area contributed by atoms with E-state index >= 15 is 0 Å². The Morgan fingerprint density at radius 2 is 1.87 bits per heavy atom. The van der Waals surface area contributed by atoms with Gasteiger partial charge in [-0.2, -0.15) is 0 Å². The second-order valence-corrected chi connectivity index (χ2v) is 6.13. The van der Waals surface area contributed by atoms with Crippen LogP contribution in [0.5, 0.6) is 0 Å². The standard InChI is InChI=1S/C17H23N3O2S/c1-4-19(5-2)15-8-6-14(7-9-15)18-16(21)10-11-20-13(3)12-23-17(20)22/h6-9,12H,4-5,10-11H2,1-3H3,(H,18,21). The maximum Gasteiger partial charge on any atom is 0.307 e. The lowest BCUT2D eigenvalue weighted by Crippen LogP contribution is -2.22. The van der Waals surface area contributed by atoms with Crippen LogP contribution in [0.2, 0.25) is 0 Å². The number of rotatable bonds is 7. The second kappa shape index (κ2) is 7.97. The molecule has 1 heterocycles. The van der Waals surface area contributed by atoms with Crippen LogP contribution in [-0.2, 0) is 11.3 Å². The smallest absolute Gasteiger partial charge is 0.307 e. The number of hydrogen-bond donors (Lipinski definition) is 1. The summed E-state index contributed by atoms with van der Waals surface area (Å²) in [5.74, 6) is -0.0851. The molecular weight excluding hydrogens is 310 g/mol. The molecule has 1 amide bonds. The molecule has 0 unspecified atom stereocenters. The highest BCUT2D eigenvalue weighted by Crippen LogP contribution is 2.17. The minimum Gasteiger partial charge on any atom is -0.372 e. The van der Waals surface area contributed by atoms with E-state index in [1.165, 1.54) is 11.3 Å². The predicted molar refractivity (Wildman–Crippen MR) is 96.6 cm³/mol. The number of aromatic nitrogens is 1. The van der Waals surface area contributed by atoms with Crippen LogP contribution >= 0.6 is 11.3 Å². The molecule has 0 fully saturated rings. The fourth-order valence-corrected chi connectivity index (χ4v) is 3.22. The number of nitrogens with one attached hydrogen (secondary N) is 1. The number of carbonyl (C=O) groups is 1. The quantitative estimate of drug-likeness (QED) is 0.847. The van der Waals surface area contributed by atoms with Crippen LogP contribution in [-0.4, -0.2) is 23.6 Å². The monoisotopic (exact) mass is 333 g/mol. The minimum absolute atomic E-state index is 0.0149. The zero-order chi connectivity index (χ0) is 16.8. The van der Waals surface area contributed by atoms with E-state index in [2.05, 4.69) is 24.1 Å². The minimum atomic E-state index is -0.0851. The summed E-state index contributed by atoms with van der Waals surface area (Å²) in [7, 11) is 0. The Morgan fingerprint density at radius 1 is 1.22 bits per heavy atom. The van der Waals surface area contributed by atoms with Gasteiger partial charge in [0.2, 0.25) is 5.91 Å². The second-order valence-electron chi connectivity index (χ2n) is 5.31. The van der Waals surface area contributed by atoms with Crippen LogP contribution in [0.4, 0.5) is 11.4 Å². The first-order valence-electron chi connectivity index (χ1n) is 7.85. The summed E-state index contributed by atoms with van der Waals surface area (Å²) in [6.45, 7) is 8.44. The van der Waals surface area contributed by atoms with E-state index in [9.17, 15) is 9.59 Å². The van der Waals surface area contributed by atoms with Crippen molar-refractivity contribution in [1.29, 1.82) is 0 Å². The first kappa shape index (κ1) is 17.3. The van der Waals surface area contributed by atoms with E-state index in [4.69, 9.17) is 0 Å². The first-order chi connectivity index (χ1) is 11.0. The summed E-state index contributed by atoms with van der Waals surface area (Å²) in [6.07, 6.45) is 0.287. The maximum atomic E-state index is 12.0. The third-order valence-corrected chi connectivity index (χ3v) is 4.70. The van der Waals surface area contributed by atoms with Gasteiger partial charge in [0, 0.05) is 48.5 Å². The number of aryl methyl sites for hydroxylation is 1. The van der Waals surface area contributed by atoms with Crippen LogP contribution in [0.3, 0.4) is 0 Å². The molecule has 23 heavy (non-hydrogen) atoms. The summed E-state index contributed by atoms with van der Waals surface area (Å²) in [5, 5.41) is 4.69. The van der Waals surface area contributed by atoms with Gasteiger partial charge >= 0.3 is 4.87 Å². The molecule has 2 aromatic rings. The van der Waals surface area contributed by atoms with Gasteiger partial charge in [0.25, 0.3) is 0 Å². The lowest BCUT2D eigenvalue weighted by atomic mass is 10.2. The Balaban J connectivity index is 1.91. The number of benzene rings is 1. The van der Waals surface area contributed by atoms with E-state index < -0.39 is 0 Å². The van der Waals surface area contributed by atoms with Gasteiger partial charge in [-0.3, -0.25) is 9.59 Å². The Kier molecular flexibility index (Phi) is 5.98. The zero-order valence-electron chi connectivity index (χ0n) is 13.8. The van der Waals surface area contributed by atoms with Crippen LogP contribution in [0.15, 0.2) is 34.4 Å². The molecule has 1 N–H and O–H groups in total. The highest BCUT2D eigenvalue weighted by molar-refractivity contribution is 7.07. The van der Waals surface area contributed by atoms with Crippen molar-refractivity contribution in [2.75, 3.05) is 23.3 Å². The molecule has 6 heteroatoms. The number of thiazole rings is 1. The van der Waals surface area contributed by atoms with Gasteiger partial charge in [0.1, 0.15) is 0 Å². The highest BCUT2D eigenvalue weighted by Gasteiger charge is 2.07. The van der Waals surface area contributed by atoms with Gasteiger partial charge in [-0.25, -0.2) is 0 Å². The van der Waals surface area contributed by atoms with E-state index in [0.29, 0.717) is 6.54 Å². The van der Waals surface area contributed by atoms with Gasteiger partial charge in [-0.15, -0.1) is 0 Å². The highest BCUT2D eigenvalue weighted by atomic mass is 32.1. The Labute approximate surface area is 140 Å². The average molecular weight is 333 g/mol. The van der Waals surface area contributed by atoms with Gasteiger partial charge in [0.05, 0.1) is 0 Å². The van der Waals surface area contributed by atoms with E-state index in [-0.39, 0.29) is 17.2 Å². The zero-order valence-corrected chi connectivity index (χ0v) is 14.7. The SMILES string of the molecule is CCN(CC)c1ccc(NC(=O)CCn2c(C)csc2=O)cc1. The summed E-state index contributed by atoms with van der Waals surface area (Å²) in [5.41, 5.74) is 2.82. The summed E-state index contributed by atoms with van der Waals surface area (Å²) >= 11 is 1.17. The Bertz CT molecular complexity index is 699. The normalized spacial score (nSPS) is 10.6. The lowest BCUT2D eigenvalue weighted by molar-refractivity contribution is -0.116. The maximum absolute atomic E-state index is 12.0. The predicted octanol–water partition coefficient (Wildman–Crippen LogP) is 3.09. The van der Waals surface area contributed by atoms with Crippen molar-refractivity contribution in [1.82, 2.24) is 4.57 Å². The summed E-state index contributed by atoms with van der Waals surface area (Å²) < 4.78 is 1.63. The molecule has 5 nitrogen and oxygen atoms in total. The van der Waals surface area contributed by atoms with Crippen molar-refractivity contribution < 1.29 is 4.79 Å². The first-order valence-corrected chi connectivity index (χ1v) is 8.73. The van der Waals surface area contributed by atoms with Crippen LogP contribution in [0, 0.1) is 6.92 Å². The fraction of sp³-hybridized carbons (Fsp3) is 0.412. The number of carbonyl (C=O) groups excluding carboxylic acids is 1. The molecular formula is C17H23N3O2S. The number of hydrogen-bond acceptors (Lipinski definition) is 4. The molecule has 0 aliphatic carbocycles. The van der Waals surface area contributed by atoms with Crippen molar-refractivity contribution in [3.8, 4) is 0 Å². The molecule has 0 saturated heterocycles. The van der Waals surface area contributed by atoms with Crippen molar-refractivity contribution >= 4 is 28.6 Å². The molecule has 0 bridgehead atoms. The molecule has 2 rings (SSSR count). The van der Waals surface area contributed by atoms with Crippen molar-refractivity contribution in [2.45, 2.75) is 33.7 Å². The lowest BCUT2D eigenvalue weighted by Gasteiger charge is -2.21. The molecule has 124 valence electrons. The summed E-state index contributed by atoms with van der Waals surface area (Å²) in [4.78, 5) is 25.9. The van der Waals surface area contributed by atoms with Gasteiger partial charge < -0.3 is 14.8 Å². The van der Waals surface area contributed by atoms with Gasteiger partial charge in [-0.05, 0) is 45.0 Å². The molecule has 0 saturated carbocycles. The van der Waals surface area contributed by atoms with Gasteiger partial charge in [-0.1, -0.05) is 11.3 Å². The number of anilines is 2. The van der Waals surface area contributed by atoms with E-state index in [1.807, 2.05) is 36.6 Å². The van der Waals surface area contributed by atoms with E-state index in [0.717, 1.165) is 30.2 Å². The average Bonchev–Trinajstić information content (AvgIpc) is 2.87. The molecule has 0 radical (unpaired) electrons. The van der Waals surface area contributed by atoms with E-state index in [1.54, 1.807) is 4.57 Å². The molecule has 0 aliphatic heterocycles. The van der Waals surface area contributed by atoms with Crippen molar-refractivity contribution in [3.05, 3.63) is 45.0 Å². The van der Waals surface area contributed by atoms with Crippen LogP contribution < -0.4 is 15.1 Å². The molecule has 1 aromatic heterocycles. The third-order valence-electron chi connectivity index (χ3n) is 3.82.